The van der Waals surface area contributed by atoms with Crippen molar-refractivity contribution >= 4 is 0 Å². The van der Waals surface area contributed by atoms with E-state index in [9.17, 15) is 0 Å². The molecule has 2 bridgehead atoms. The predicted molar refractivity (Wildman–Crippen MR) is 83.6 cm³/mol. The first-order valence-electron chi connectivity index (χ1n) is 8.86. The molecule has 0 heterocycles. The summed E-state index contributed by atoms with van der Waals surface area (Å²) in [5, 5.41) is 0. The van der Waals surface area contributed by atoms with Gasteiger partial charge in [0, 0.05) is 6.04 Å². The normalized spacial score (nSPS) is 48.0. The van der Waals surface area contributed by atoms with E-state index in [4.69, 9.17) is 10.5 Å². The number of hydrogen-bond acceptors (Lipinski definition) is 2. The van der Waals surface area contributed by atoms with E-state index >= 15 is 0 Å². The molecular weight excluding hydrogens is 246 g/mol. The van der Waals surface area contributed by atoms with Gasteiger partial charge >= 0.3 is 0 Å². The van der Waals surface area contributed by atoms with Crippen molar-refractivity contribution in [3.63, 3.8) is 0 Å². The lowest BCUT2D eigenvalue weighted by Gasteiger charge is -2.41. The van der Waals surface area contributed by atoms with Gasteiger partial charge in [0.05, 0.1) is 12.2 Å². The van der Waals surface area contributed by atoms with Crippen LogP contribution in [0.15, 0.2) is 0 Å². The Hall–Kier alpha value is -0.0800. The highest BCUT2D eigenvalue weighted by molar-refractivity contribution is 5.11. The molecule has 0 aliphatic heterocycles. The van der Waals surface area contributed by atoms with Gasteiger partial charge in [0.25, 0.3) is 0 Å². The van der Waals surface area contributed by atoms with E-state index in [0.29, 0.717) is 23.0 Å². The minimum Gasteiger partial charge on any atom is -0.373 e. The Balaban J connectivity index is 1.68. The Bertz CT molecular complexity index is 353. The zero-order chi connectivity index (χ0) is 14.4. The summed E-state index contributed by atoms with van der Waals surface area (Å²) >= 11 is 0. The summed E-state index contributed by atoms with van der Waals surface area (Å²) in [4.78, 5) is 0. The molecular formula is C18H33NO. The maximum atomic E-state index is 6.65. The summed E-state index contributed by atoms with van der Waals surface area (Å²) in [6, 6.07) is 0.265. The van der Waals surface area contributed by atoms with Crippen molar-refractivity contribution in [3.8, 4) is 0 Å². The first kappa shape index (κ1) is 14.8. The highest BCUT2D eigenvalue weighted by atomic mass is 16.5. The molecule has 0 aromatic rings. The molecule has 3 saturated carbocycles. The number of ether oxygens (including phenoxy) is 1. The molecule has 3 rings (SSSR count). The first-order valence-corrected chi connectivity index (χ1v) is 8.86. The van der Waals surface area contributed by atoms with Crippen molar-refractivity contribution in [1.29, 1.82) is 0 Å². The summed E-state index contributed by atoms with van der Waals surface area (Å²) in [5.74, 6) is 0.863. The Morgan fingerprint density at radius 2 is 1.65 bits per heavy atom. The maximum absolute atomic E-state index is 6.65. The number of nitrogens with two attached hydrogens (primary N) is 1. The average Bonchev–Trinajstić information content (AvgIpc) is 2.71. The van der Waals surface area contributed by atoms with Gasteiger partial charge in [0.1, 0.15) is 0 Å². The Kier molecular flexibility index (Phi) is 3.92. The van der Waals surface area contributed by atoms with Gasteiger partial charge in [-0.15, -0.1) is 0 Å². The molecule has 2 nitrogen and oxygen atoms in total. The van der Waals surface area contributed by atoms with Gasteiger partial charge in [0.15, 0.2) is 0 Å². The molecule has 2 N–H and O–H groups in total. The lowest BCUT2D eigenvalue weighted by Crippen LogP contribution is -2.45. The molecule has 3 aliphatic carbocycles. The van der Waals surface area contributed by atoms with Crippen LogP contribution in [0.4, 0.5) is 0 Å². The molecule has 0 aromatic carbocycles. The second kappa shape index (κ2) is 5.28. The zero-order valence-electron chi connectivity index (χ0n) is 13.7. The van der Waals surface area contributed by atoms with Crippen molar-refractivity contribution in [2.75, 3.05) is 0 Å². The average molecular weight is 279 g/mol. The predicted octanol–water partition coefficient (Wildman–Crippen LogP) is 4.27. The summed E-state index contributed by atoms with van der Waals surface area (Å²) < 4.78 is 6.65. The highest BCUT2D eigenvalue weighted by Crippen LogP contribution is 2.66. The quantitative estimate of drug-likeness (QED) is 0.819. The van der Waals surface area contributed by atoms with E-state index in [1.807, 2.05) is 0 Å². The van der Waals surface area contributed by atoms with Crippen LogP contribution >= 0.6 is 0 Å². The SMILES string of the molecule is CC1(C)C2CCC1(C)C(OC1CCCCCCC1N)C2. The van der Waals surface area contributed by atoms with E-state index in [1.54, 1.807) is 0 Å². The standard InChI is InChI=1S/C18H33NO/c1-17(2)13-10-11-18(17,3)16(12-13)20-15-9-7-5-4-6-8-14(15)19/h13-16H,4-12,19H2,1-3H3. The van der Waals surface area contributed by atoms with Crippen LogP contribution in [0.5, 0.6) is 0 Å². The minimum absolute atomic E-state index is 0.265. The van der Waals surface area contributed by atoms with Gasteiger partial charge < -0.3 is 10.5 Å². The third-order valence-corrected chi connectivity index (χ3v) is 7.31. The topological polar surface area (TPSA) is 35.2 Å². The Labute approximate surface area is 124 Å². The molecule has 20 heavy (non-hydrogen) atoms. The van der Waals surface area contributed by atoms with Crippen LogP contribution in [0.1, 0.15) is 78.6 Å². The van der Waals surface area contributed by atoms with Crippen molar-refractivity contribution in [1.82, 2.24) is 0 Å². The molecule has 0 radical (unpaired) electrons. The zero-order valence-corrected chi connectivity index (χ0v) is 13.7. The molecule has 3 aliphatic rings. The lowest BCUT2D eigenvalue weighted by molar-refractivity contribution is -0.0986. The smallest absolute Gasteiger partial charge is 0.0729 e. The number of fused-ring (bicyclic) bond motifs is 2. The van der Waals surface area contributed by atoms with Crippen molar-refractivity contribution in [3.05, 3.63) is 0 Å². The summed E-state index contributed by atoms with van der Waals surface area (Å²) in [6.07, 6.45) is 12.4. The van der Waals surface area contributed by atoms with E-state index < -0.39 is 0 Å². The van der Waals surface area contributed by atoms with Crippen molar-refractivity contribution < 1.29 is 4.74 Å². The molecule has 2 heteroatoms. The van der Waals surface area contributed by atoms with Gasteiger partial charge in [-0.3, -0.25) is 0 Å². The van der Waals surface area contributed by atoms with Crippen LogP contribution in [0.3, 0.4) is 0 Å². The van der Waals surface area contributed by atoms with Crippen LogP contribution < -0.4 is 5.73 Å². The van der Waals surface area contributed by atoms with Gasteiger partial charge in [0.2, 0.25) is 0 Å². The summed E-state index contributed by atoms with van der Waals surface area (Å²) in [7, 11) is 0. The second-order valence-corrected chi connectivity index (χ2v) is 8.43. The van der Waals surface area contributed by atoms with Crippen LogP contribution in [-0.2, 0) is 4.74 Å². The maximum Gasteiger partial charge on any atom is 0.0729 e. The van der Waals surface area contributed by atoms with Crippen molar-refractivity contribution in [2.45, 2.75) is 96.8 Å². The molecule has 5 unspecified atom stereocenters. The minimum atomic E-state index is 0.265. The van der Waals surface area contributed by atoms with Crippen LogP contribution in [0.25, 0.3) is 0 Å². The van der Waals surface area contributed by atoms with Crippen molar-refractivity contribution in [2.24, 2.45) is 22.5 Å². The first-order chi connectivity index (χ1) is 9.45. The third-order valence-electron chi connectivity index (χ3n) is 7.31. The van der Waals surface area contributed by atoms with Gasteiger partial charge in [-0.05, 0) is 48.9 Å². The summed E-state index contributed by atoms with van der Waals surface area (Å²) in [5.41, 5.74) is 7.23. The molecule has 0 saturated heterocycles. The largest absolute Gasteiger partial charge is 0.373 e. The fraction of sp³-hybridized carbons (Fsp3) is 1.00. The lowest BCUT2D eigenvalue weighted by atomic mass is 9.70. The highest BCUT2D eigenvalue weighted by Gasteiger charge is 2.62. The number of hydrogen-bond donors (Lipinski definition) is 1. The molecule has 3 fully saturated rings. The molecule has 0 aromatic heterocycles. The fourth-order valence-electron chi connectivity index (χ4n) is 5.20. The fourth-order valence-corrected chi connectivity index (χ4v) is 5.20. The van der Waals surface area contributed by atoms with Gasteiger partial charge in [-0.1, -0.05) is 46.5 Å². The van der Waals surface area contributed by atoms with E-state index in [0.717, 1.165) is 12.3 Å². The second-order valence-electron chi connectivity index (χ2n) is 8.43. The van der Waals surface area contributed by atoms with E-state index in [-0.39, 0.29) is 6.04 Å². The van der Waals surface area contributed by atoms with Crippen LogP contribution in [0, 0.1) is 16.7 Å². The molecule has 116 valence electrons. The third kappa shape index (κ3) is 2.23. The Morgan fingerprint density at radius 1 is 0.950 bits per heavy atom. The molecule has 5 atom stereocenters. The van der Waals surface area contributed by atoms with E-state index in [1.165, 1.54) is 51.4 Å². The Morgan fingerprint density at radius 3 is 2.25 bits per heavy atom. The van der Waals surface area contributed by atoms with Gasteiger partial charge in [-0.25, -0.2) is 0 Å². The van der Waals surface area contributed by atoms with Crippen LogP contribution in [0.2, 0.25) is 0 Å². The van der Waals surface area contributed by atoms with Gasteiger partial charge in [-0.2, -0.15) is 0 Å². The monoisotopic (exact) mass is 279 g/mol. The molecule has 0 spiro atoms. The molecule has 0 amide bonds. The summed E-state index contributed by atoms with van der Waals surface area (Å²) in [6.45, 7) is 7.40. The number of rotatable bonds is 2. The van der Waals surface area contributed by atoms with Crippen LogP contribution in [-0.4, -0.2) is 18.2 Å². The van der Waals surface area contributed by atoms with E-state index in [2.05, 4.69) is 20.8 Å².